The van der Waals surface area contributed by atoms with Crippen molar-refractivity contribution < 1.29 is 19.5 Å². The van der Waals surface area contributed by atoms with Crippen LogP contribution in [0.5, 0.6) is 0 Å². The molecule has 7 nitrogen and oxygen atoms in total. The van der Waals surface area contributed by atoms with E-state index in [1.807, 2.05) is 30.3 Å². The van der Waals surface area contributed by atoms with Gasteiger partial charge in [-0.25, -0.2) is 4.79 Å². The second-order valence-electron chi connectivity index (χ2n) is 8.29. The molecule has 1 heterocycles. The molecule has 4 N–H and O–H groups in total. The Morgan fingerprint density at radius 2 is 1.79 bits per heavy atom. The van der Waals surface area contributed by atoms with Crippen molar-refractivity contribution >= 4 is 17.8 Å². The molecule has 0 spiro atoms. The van der Waals surface area contributed by atoms with Crippen molar-refractivity contribution in [1.82, 2.24) is 10.2 Å². The van der Waals surface area contributed by atoms with Gasteiger partial charge in [0, 0.05) is 19.0 Å². The highest BCUT2D eigenvalue weighted by Crippen LogP contribution is 2.31. The molecule has 0 bridgehead atoms. The number of amides is 2. The van der Waals surface area contributed by atoms with E-state index in [-0.39, 0.29) is 17.7 Å². The summed E-state index contributed by atoms with van der Waals surface area (Å²) in [5.41, 5.74) is 7.06. The number of benzene rings is 1. The molecule has 7 heteroatoms. The minimum absolute atomic E-state index is 0.0118. The SMILES string of the molecule is NC(Cc1ccccc1)C(=O)NCC1CCC(C(=O)N2CCCC2C(=O)O)CC1. The van der Waals surface area contributed by atoms with Crippen LogP contribution >= 0.6 is 0 Å². The van der Waals surface area contributed by atoms with Crippen LogP contribution in [-0.2, 0) is 20.8 Å². The third kappa shape index (κ3) is 5.56. The van der Waals surface area contributed by atoms with Gasteiger partial charge >= 0.3 is 5.97 Å². The number of hydrogen-bond donors (Lipinski definition) is 3. The number of likely N-dealkylation sites (tertiary alicyclic amines) is 1. The standard InChI is InChI=1S/C22H31N3O4/c23-18(13-15-5-2-1-3-6-15)20(26)24-14-16-8-10-17(11-9-16)21(27)25-12-4-7-19(25)22(28)29/h1-3,5-6,16-19H,4,7-14,23H2,(H,24,26)(H,28,29). The van der Waals surface area contributed by atoms with Gasteiger partial charge in [-0.15, -0.1) is 0 Å². The Hall–Kier alpha value is -2.41. The number of carbonyl (C=O) groups excluding carboxylic acids is 2. The minimum atomic E-state index is -0.904. The molecule has 0 aromatic heterocycles. The summed E-state index contributed by atoms with van der Waals surface area (Å²) in [6, 6.07) is 8.48. The van der Waals surface area contributed by atoms with Crippen molar-refractivity contribution in [3.63, 3.8) is 0 Å². The number of hydrogen-bond acceptors (Lipinski definition) is 4. The molecule has 29 heavy (non-hydrogen) atoms. The van der Waals surface area contributed by atoms with Crippen LogP contribution in [0.1, 0.15) is 44.1 Å². The van der Waals surface area contributed by atoms with Crippen molar-refractivity contribution in [2.45, 2.75) is 57.0 Å². The van der Waals surface area contributed by atoms with Gasteiger partial charge in [0.25, 0.3) is 0 Å². The van der Waals surface area contributed by atoms with Gasteiger partial charge in [-0.05, 0) is 56.4 Å². The summed E-state index contributed by atoms with van der Waals surface area (Å²) < 4.78 is 0. The Bertz CT molecular complexity index is 716. The molecular weight excluding hydrogens is 370 g/mol. The summed E-state index contributed by atoms with van der Waals surface area (Å²) in [7, 11) is 0. The van der Waals surface area contributed by atoms with E-state index in [9.17, 15) is 19.5 Å². The largest absolute Gasteiger partial charge is 0.480 e. The lowest BCUT2D eigenvalue weighted by molar-refractivity contribution is -0.150. The normalized spacial score (nSPS) is 25.4. The highest BCUT2D eigenvalue weighted by molar-refractivity contribution is 5.85. The molecular formula is C22H31N3O4. The molecule has 1 aliphatic heterocycles. The third-order valence-corrected chi connectivity index (χ3v) is 6.22. The van der Waals surface area contributed by atoms with E-state index < -0.39 is 18.1 Å². The maximum absolute atomic E-state index is 12.7. The van der Waals surface area contributed by atoms with Gasteiger partial charge < -0.3 is 21.1 Å². The fourth-order valence-corrected chi connectivity index (χ4v) is 4.47. The fraction of sp³-hybridized carbons (Fsp3) is 0.591. The average molecular weight is 402 g/mol. The molecule has 2 fully saturated rings. The molecule has 2 aliphatic rings. The van der Waals surface area contributed by atoms with Crippen LogP contribution < -0.4 is 11.1 Å². The van der Waals surface area contributed by atoms with Gasteiger partial charge in [0.2, 0.25) is 11.8 Å². The molecule has 2 atom stereocenters. The molecule has 158 valence electrons. The lowest BCUT2D eigenvalue weighted by Gasteiger charge is -2.32. The Morgan fingerprint density at radius 3 is 2.45 bits per heavy atom. The smallest absolute Gasteiger partial charge is 0.326 e. The molecule has 2 unspecified atom stereocenters. The van der Waals surface area contributed by atoms with Gasteiger partial charge in [0.15, 0.2) is 0 Å². The predicted octanol–water partition coefficient (Wildman–Crippen LogP) is 1.55. The molecule has 1 saturated heterocycles. The zero-order valence-corrected chi connectivity index (χ0v) is 16.8. The van der Waals surface area contributed by atoms with Crippen LogP contribution in [-0.4, -0.2) is 53.0 Å². The highest BCUT2D eigenvalue weighted by Gasteiger charge is 2.38. The first-order chi connectivity index (χ1) is 14.0. The zero-order chi connectivity index (χ0) is 20.8. The first-order valence-electron chi connectivity index (χ1n) is 10.6. The van der Waals surface area contributed by atoms with E-state index in [4.69, 9.17) is 5.73 Å². The van der Waals surface area contributed by atoms with Crippen LogP contribution in [0, 0.1) is 11.8 Å². The van der Waals surface area contributed by atoms with Gasteiger partial charge in [-0.2, -0.15) is 0 Å². The molecule has 1 aromatic carbocycles. The van der Waals surface area contributed by atoms with Crippen molar-refractivity contribution in [1.29, 1.82) is 0 Å². The number of carboxylic acids is 1. The van der Waals surface area contributed by atoms with Crippen molar-refractivity contribution in [2.24, 2.45) is 17.6 Å². The van der Waals surface area contributed by atoms with Gasteiger partial charge in [0.1, 0.15) is 6.04 Å². The van der Waals surface area contributed by atoms with Crippen molar-refractivity contribution in [3.05, 3.63) is 35.9 Å². The number of nitrogens with zero attached hydrogens (tertiary/aromatic N) is 1. The van der Waals surface area contributed by atoms with Crippen LogP contribution in [0.15, 0.2) is 30.3 Å². The molecule has 1 saturated carbocycles. The summed E-state index contributed by atoms with van der Waals surface area (Å²) in [6.07, 6.45) is 5.02. The Balaban J connectivity index is 1.40. The number of rotatable bonds is 7. The lowest BCUT2D eigenvalue weighted by Crippen LogP contribution is -2.45. The number of carbonyl (C=O) groups is 3. The topological polar surface area (TPSA) is 113 Å². The van der Waals surface area contributed by atoms with Crippen molar-refractivity contribution in [2.75, 3.05) is 13.1 Å². The Morgan fingerprint density at radius 1 is 1.10 bits per heavy atom. The number of nitrogens with one attached hydrogen (secondary N) is 1. The molecule has 1 aliphatic carbocycles. The summed E-state index contributed by atoms with van der Waals surface area (Å²) in [5, 5.41) is 12.2. The first-order valence-corrected chi connectivity index (χ1v) is 10.6. The minimum Gasteiger partial charge on any atom is -0.480 e. The Kier molecular flexibility index (Phi) is 7.25. The second-order valence-corrected chi connectivity index (χ2v) is 8.29. The summed E-state index contributed by atoms with van der Waals surface area (Å²) in [5.74, 6) is -0.821. The van der Waals surface area contributed by atoms with Crippen LogP contribution in [0.2, 0.25) is 0 Å². The van der Waals surface area contributed by atoms with Crippen molar-refractivity contribution in [3.8, 4) is 0 Å². The summed E-state index contributed by atoms with van der Waals surface area (Å²) in [4.78, 5) is 37.9. The average Bonchev–Trinajstić information content (AvgIpc) is 3.23. The van der Waals surface area contributed by atoms with E-state index in [0.717, 1.165) is 37.7 Å². The second kappa shape index (κ2) is 9.87. The van der Waals surface area contributed by atoms with E-state index >= 15 is 0 Å². The van der Waals surface area contributed by atoms with Crippen LogP contribution in [0.25, 0.3) is 0 Å². The number of nitrogens with two attached hydrogens (primary N) is 1. The van der Waals surface area contributed by atoms with E-state index in [1.165, 1.54) is 0 Å². The predicted molar refractivity (Wildman–Crippen MR) is 109 cm³/mol. The van der Waals surface area contributed by atoms with E-state index in [2.05, 4.69) is 5.32 Å². The molecule has 3 rings (SSSR count). The third-order valence-electron chi connectivity index (χ3n) is 6.22. The van der Waals surface area contributed by atoms with Gasteiger partial charge in [-0.3, -0.25) is 9.59 Å². The van der Waals surface area contributed by atoms with Crippen LogP contribution in [0.4, 0.5) is 0 Å². The quantitative estimate of drug-likeness (QED) is 0.642. The Labute approximate surface area is 171 Å². The van der Waals surface area contributed by atoms with Gasteiger partial charge in [0.05, 0.1) is 6.04 Å². The van der Waals surface area contributed by atoms with Gasteiger partial charge in [-0.1, -0.05) is 30.3 Å². The number of aliphatic carboxylic acids is 1. The van der Waals surface area contributed by atoms with E-state index in [1.54, 1.807) is 4.90 Å². The lowest BCUT2D eigenvalue weighted by atomic mass is 9.81. The fourth-order valence-electron chi connectivity index (χ4n) is 4.47. The monoisotopic (exact) mass is 401 g/mol. The highest BCUT2D eigenvalue weighted by atomic mass is 16.4. The molecule has 2 amide bonds. The first kappa shape index (κ1) is 21.3. The molecule has 0 radical (unpaired) electrons. The number of carboxylic acid groups (broad SMARTS) is 1. The maximum Gasteiger partial charge on any atom is 0.326 e. The zero-order valence-electron chi connectivity index (χ0n) is 16.8. The maximum atomic E-state index is 12.7. The van der Waals surface area contributed by atoms with Crippen LogP contribution in [0.3, 0.4) is 0 Å². The van der Waals surface area contributed by atoms with E-state index in [0.29, 0.717) is 31.8 Å². The molecule has 1 aromatic rings. The summed E-state index contributed by atoms with van der Waals surface area (Å²) >= 11 is 0. The summed E-state index contributed by atoms with van der Waals surface area (Å²) in [6.45, 7) is 1.12.